The topological polar surface area (TPSA) is 76.0 Å². The van der Waals surface area contributed by atoms with Crippen LogP contribution in [-0.4, -0.2) is 47.5 Å². The van der Waals surface area contributed by atoms with Crippen molar-refractivity contribution in [2.75, 3.05) is 6.61 Å². The number of ether oxygens (including phenoxy) is 2. The summed E-state index contributed by atoms with van der Waals surface area (Å²) in [7, 11) is 0. The van der Waals surface area contributed by atoms with Crippen LogP contribution in [0.25, 0.3) is 0 Å². The monoisotopic (exact) mass is 256 g/mol. The number of carbonyl (C=O) groups is 1. The van der Waals surface area contributed by atoms with Gasteiger partial charge in [-0.3, -0.25) is 0 Å². The number of benzene rings is 1. The van der Waals surface area contributed by atoms with Gasteiger partial charge in [-0.2, -0.15) is 0 Å². The van der Waals surface area contributed by atoms with E-state index in [1.807, 2.05) is 0 Å². The van der Waals surface area contributed by atoms with E-state index in [9.17, 15) is 9.18 Å². The highest BCUT2D eigenvalue weighted by Crippen LogP contribution is 2.22. The molecule has 0 spiro atoms. The first-order valence-corrected chi connectivity index (χ1v) is 5.47. The third-order valence-electron chi connectivity index (χ3n) is 2.68. The molecule has 1 aliphatic rings. The number of hydrogen-bond acceptors (Lipinski definition) is 5. The SMILES string of the molecule is O=C(OC[C@H]1OC(O)[C@H](O)[C@@H]1F)c1ccccc1. The Hall–Kier alpha value is -1.50. The van der Waals surface area contributed by atoms with Crippen LogP contribution < -0.4 is 0 Å². The minimum absolute atomic E-state index is 0.340. The fourth-order valence-corrected chi connectivity index (χ4v) is 1.66. The zero-order valence-electron chi connectivity index (χ0n) is 9.40. The first-order chi connectivity index (χ1) is 8.59. The fraction of sp³-hybridized carbons (Fsp3) is 0.417. The molecule has 0 saturated carbocycles. The van der Waals surface area contributed by atoms with Crippen LogP contribution >= 0.6 is 0 Å². The highest BCUT2D eigenvalue weighted by atomic mass is 19.1. The van der Waals surface area contributed by atoms with Gasteiger partial charge in [0, 0.05) is 0 Å². The number of hydrogen-bond donors (Lipinski definition) is 2. The number of aliphatic hydroxyl groups is 2. The number of alkyl halides is 1. The summed E-state index contributed by atoms with van der Waals surface area (Å²) in [5.74, 6) is -0.609. The maximum absolute atomic E-state index is 13.4. The van der Waals surface area contributed by atoms with E-state index in [2.05, 4.69) is 0 Å². The average Bonchev–Trinajstić information content (AvgIpc) is 2.64. The number of carbonyl (C=O) groups excluding carboxylic acids is 1. The van der Waals surface area contributed by atoms with Crippen molar-refractivity contribution < 1.29 is 28.9 Å². The molecule has 1 fully saturated rings. The van der Waals surface area contributed by atoms with Gasteiger partial charge in [0.05, 0.1) is 5.56 Å². The summed E-state index contributed by atoms with van der Waals surface area (Å²) < 4.78 is 22.9. The molecule has 2 rings (SSSR count). The Labute approximate surface area is 103 Å². The molecule has 4 atom stereocenters. The van der Waals surface area contributed by atoms with Crippen molar-refractivity contribution in [3.8, 4) is 0 Å². The van der Waals surface area contributed by atoms with Crippen molar-refractivity contribution in [2.45, 2.75) is 24.7 Å². The lowest BCUT2D eigenvalue weighted by atomic mass is 10.2. The Morgan fingerprint density at radius 1 is 1.33 bits per heavy atom. The van der Waals surface area contributed by atoms with Crippen molar-refractivity contribution >= 4 is 5.97 Å². The quantitative estimate of drug-likeness (QED) is 0.759. The summed E-state index contributed by atoms with van der Waals surface area (Å²) in [5.41, 5.74) is 0.340. The highest BCUT2D eigenvalue weighted by Gasteiger charge is 2.43. The molecule has 0 aromatic heterocycles. The van der Waals surface area contributed by atoms with E-state index < -0.39 is 30.6 Å². The van der Waals surface area contributed by atoms with E-state index in [0.717, 1.165) is 0 Å². The van der Waals surface area contributed by atoms with E-state index in [4.69, 9.17) is 19.7 Å². The minimum atomic E-state index is -1.77. The van der Waals surface area contributed by atoms with Crippen LogP contribution in [0.1, 0.15) is 10.4 Å². The smallest absolute Gasteiger partial charge is 0.338 e. The summed E-state index contributed by atoms with van der Waals surface area (Å²) >= 11 is 0. The molecular weight excluding hydrogens is 243 g/mol. The molecule has 0 amide bonds. The Balaban J connectivity index is 1.88. The van der Waals surface area contributed by atoms with Crippen molar-refractivity contribution in [1.82, 2.24) is 0 Å². The van der Waals surface area contributed by atoms with Gasteiger partial charge in [0.25, 0.3) is 0 Å². The van der Waals surface area contributed by atoms with Gasteiger partial charge in [-0.25, -0.2) is 9.18 Å². The molecule has 1 saturated heterocycles. The number of aliphatic hydroxyl groups excluding tert-OH is 2. The molecule has 0 aliphatic carbocycles. The van der Waals surface area contributed by atoms with Gasteiger partial charge in [-0.1, -0.05) is 18.2 Å². The maximum atomic E-state index is 13.4. The van der Waals surface area contributed by atoms with Gasteiger partial charge < -0.3 is 19.7 Å². The van der Waals surface area contributed by atoms with Crippen LogP contribution in [0.2, 0.25) is 0 Å². The van der Waals surface area contributed by atoms with Crippen LogP contribution in [0.4, 0.5) is 4.39 Å². The van der Waals surface area contributed by atoms with E-state index in [1.165, 1.54) is 0 Å². The molecule has 1 heterocycles. The first kappa shape index (κ1) is 12.9. The predicted octanol–water partition coefficient (Wildman–Crippen LogP) is 0.260. The molecule has 0 radical (unpaired) electrons. The van der Waals surface area contributed by atoms with Crippen LogP contribution in [0, 0.1) is 0 Å². The zero-order valence-corrected chi connectivity index (χ0v) is 9.40. The Morgan fingerprint density at radius 3 is 2.56 bits per heavy atom. The summed E-state index contributed by atoms with van der Waals surface area (Å²) in [6.45, 7) is -0.358. The molecule has 5 nitrogen and oxygen atoms in total. The lowest BCUT2D eigenvalue weighted by Crippen LogP contribution is -2.31. The molecular formula is C12H13FO5. The van der Waals surface area contributed by atoms with Gasteiger partial charge in [0.2, 0.25) is 0 Å². The number of esters is 1. The molecule has 0 bridgehead atoms. The summed E-state index contributed by atoms with van der Waals surface area (Å²) in [6.07, 6.45) is -6.11. The molecule has 1 aromatic rings. The van der Waals surface area contributed by atoms with E-state index in [0.29, 0.717) is 5.56 Å². The van der Waals surface area contributed by atoms with Crippen molar-refractivity contribution in [3.63, 3.8) is 0 Å². The second kappa shape index (κ2) is 5.43. The normalized spacial score (nSPS) is 31.3. The Kier molecular flexibility index (Phi) is 3.90. The highest BCUT2D eigenvalue weighted by molar-refractivity contribution is 5.89. The summed E-state index contributed by atoms with van der Waals surface area (Å²) in [6, 6.07) is 8.23. The standard InChI is InChI=1S/C12H13FO5/c13-9-8(18-12(16)10(9)14)6-17-11(15)7-4-2-1-3-5-7/h1-5,8-10,12,14,16H,6H2/t8-,9-,10-,12?/m1/s1. The van der Waals surface area contributed by atoms with Gasteiger partial charge in [-0.15, -0.1) is 0 Å². The van der Waals surface area contributed by atoms with Crippen molar-refractivity contribution in [1.29, 1.82) is 0 Å². The third-order valence-corrected chi connectivity index (χ3v) is 2.68. The van der Waals surface area contributed by atoms with Crippen LogP contribution in [0.3, 0.4) is 0 Å². The average molecular weight is 256 g/mol. The molecule has 2 N–H and O–H groups in total. The molecule has 1 unspecified atom stereocenters. The first-order valence-electron chi connectivity index (χ1n) is 5.47. The Morgan fingerprint density at radius 2 is 2.00 bits per heavy atom. The zero-order chi connectivity index (χ0) is 13.1. The Bertz CT molecular complexity index is 410. The fourth-order valence-electron chi connectivity index (χ4n) is 1.66. The molecule has 18 heavy (non-hydrogen) atoms. The molecule has 6 heteroatoms. The minimum Gasteiger partial charge on any atom is -0.459 e. The van der Waals surface area contributed by atoms with E-state index >= 15 is 0 Å². The third kappa shape index (κ3) is 2.66. The molecule has 98 valence electrons. The number of rotatable bonds is 3. The van der Waals surface area contributed by atoms with Crippen LogP contribution in [0.15, 0.2) is 30.3 Å². The van der Waals surface area contributed by atoms with Crippen molar-refractivity contribution in [2.24, 2.45) is 0 Å². The van der Waals surface area contributed by atoms with Crippen molar-refractivity contribution in [3.05, 3.63) is 35.9 Å². The van der Waals surface area contributed by atoms with Crippen LogP contribution in [-0.2, 0) is 9.47 Å². The molecule has 1 aliphatic heterocycles. The largest absolute Gasteiger partial charge is 0.459 e. The molecule has 1 aromatic carbocycles. The van der Waals surface area contributed by atoms with Gasteiger partial charge >= 0.3 is 5.97 Å². The second-order valence-corrected chi connectivity index (χ2v) is 3.96. The summed E-state index contributed by atoms with van der Waals surface area (Å²) in [4.78, 5) is 11.5. The lowest BCUT2D eigenvalue weighted by molar-refractivity contribution is -0.133. The number of halogens is 1. The predicted molar refractivity (Wildman–Crippen MR) is 58.5 cm³/mol. The van der Waals surface area contributed by atoms with E-state index in [-0.39, 0.29) is 6.61 Å². The van der Waals surface area contributed by atoms with Gasteiger partial charge in [0.15, 0.2) is 12.5 Å². The van der Waals surface area contributed by atoms with Gasteiger partial charge in [0.1, 0.15) is 18.8 Å². The maximum Gasteiger partial charge on any atom is 0.338 e. The second-order valence-electron chi connectivity index (χ2n) is 3.96. The summed E-state index contributed by atoms with van der Waals surface area (Å²) in [5, 5.41) is 18.2. The lowest BCUT2D eigenvalue weighted by Gasteiger charge is -2.12. The van der Waals surface area contributed by atoms with E-state index in [1.54, 1.807) is 30.3 Å². The van der Waals surface area contributed by atoms with Crippen LogP contribution in [0.5, 0.6) is 0 Å². The van der Waals surface area contributed by atoms with Gasteiger partial charge in [-0.05, 0) is 12.1 Å².